The molecule has 3 heterocycles. The van der Waals surface area contributed by atoms with Gasteiger partial charge in [0, 0.05) is 43.5 Å². The Labute approximate surface area is 246 Å². The van der Waals surface area contributed by atoms with E-state index in [4.69, 9.17) is 9.72 Å². The molecule has 1 saturated heterocycles. The van der Waals surface area contributed by atoms with E-state index in [9.17, 15) is 4.79 Å². The van der Waals surface area contributed by atoms with Crippen LogP contribution < -0.4 is 30.5 Å². The van der Waals surface area contributed by atoms with Gasteiger partial charge in [-0.3, -0.25) is 4.79 Å². The molecule has 222 valence electrons. The number of benzene rings is 2. The molecule has 42 heavy (non-hydrogen) atoms. The lowest BCUT2D eigenvalue weighted by Crippen LogP contribution is -2.42. The van der Waals surface area contributed by atoms with Crippen LogP contribution in [0.2, 0.25) is 0 Å². The lowest BCUT2D eigenvalue weighted by molar-refractivity contribution is -0.111. The minimum absolute atomic E-state index is 0.0751. The number of hydrogen-bond donors (Lipinski definition) is 3. The molecule has 1 unspecified atom stereocenters. The molecule has 1 aromatic heterocycles. The molecule has 11 heteroatoms. The van der Waals surface area contributed by atoms with Gasteiger partial charge in [0.15, 0.2) is 0 Å². The summed E-state index contributed by atoms with van der Waals surface area (Å²) >= 11 is 0. The van der Waals surface area contributed by atoms with Crippen molar-refractivity contribution in [1.82, 2.24) is 14.9 Å². The zero-order valence-corrected chi connectivity index (χ0v) is 25.1. The summed E-state index contributed by atoms with van der Waals surface area (Å²) in [5.41, 5.74) is 4.48. The largest absolute Gasteiger partial charge is 0.494 e. The van der Waals surface area contributed by atoms with Crippen LogP contribution in [0, 0.1) is 5.82 Å². The van der Waals surface area contributed by atoms with Crippen LogP contribution in [0.5, 0.6) is 5.75 Å². The standard InChI is InChI=1S/C31H39FN8O2/c1-8-28(41)34-22-17-23(26(42-7)18-24(22)39(6)14-13-38(4)5)36-30-33-12-10-21(35-30)19-15-20(32)29-25(16-19)40-27(37-29)9-11-31(40,2)3/h8,10,12,15-18,27,37H,1,9,11,13-14H2,2-7H3,(H,34,41)(H,33,35,36). The molecule has 0 saturated carbocycles. The molecule has 1 fully saturated rings. The molecular weight excluding hydrogens is 535 g/mol. The second-order valence-corrected chi connectivity index (χ2v) is 11.6. The van der Waals surface area contributed by atoms with Gasteiger partial charge in [-0.05, 0) is 71.1 Å². The van der Waals surface area contributed by atoms with Crippen molar-refractivity contribution in [3.63, 3.8) is 0 Å². The molecule has 2 aliphatic heterocycles. The minimum atomic E-state index is -0.330. The van der Waals surface area contributed by atoms with E-state index in [1.807, 2.05) is 38.2 Å². The molecule has 1 atom stereocenters. The van der Waals surface area contributed by atoms with E-state index in [1.165, 1.54) is 12.1 Å². The third kappa shape index (κ3) is 5.69. The van der Waals surface area contributed by atoms with Crippen molar-refractivity contribution in [1.29, 1.82) is 0 Å². The van der Waals surface area contributed by atoms with Gasteiger partial charge in [0.2, 0.25) is 11.9 Å². The smallest absolute Gasteiger partial charge is 0.247 e. The molecular formula is C31H39FN8O2. The number of likely N-dealkylation sites (N-methyl/N-ethyl adjacent to an activating group) is 2. The Hall–Kier alpha value is -4.38. The van der Waals surface area contributed by atoms with Crippen molar-refractivity contribution in [2.24, 2.45) is 0 Å². The summed E-state index contributed by atoms with van der Waals surface area (Å²) < 4.78 is 21.0. The first-order valence-corrected chi connectivity index (χ1v) is 14.0. The average molecular weight is 575 g/mol. The van der Waals surface area contributed by atoms with Crippen molar-refractivity contribution in [2.75, 3.05) is 67.1 Å². The summed E-state index contributed by atoms with van der Waals surface area (Å²) in [6.07, 6.45) is 4.94. The monoisotopic (exact) mass is 574 g/mol. The third-order valence-corrected chi connectivity index (χ3v) is 7.89. The number of carbonyl (C=O) groups is 1. The summed E-state index contributed by atoms with van der Waals surface area (Å²) in [4.78, 5) is 27.8. The van der Waals surface area contributed by atoms with E-state index < -0.39 is 0 Å². The van der Waals surface area contributed by atoms with Gasteiger partial charge in [-0.15, -0.1) is 0 Å². The van der Waals surface area contributed by atoms with E-state index in [0.29, 0.717) is 40.0 Å². The Balaban J connectivity index is 1.47. The highest BCUT2D eigenvalue weighted by molar-refractivity contribution is 6.02. The van der Waals surface area contributed by atoms with Gasteiger partial charge in [0.05, 0.1) is 47.4 Å². The highest BCUT2D eigenvalue weighted by Gasteiger charge is 2.45. The Bertz CT molecular complexity index is 1510. The average Bonchev–Trinajstić information content (AvgIpc) is 3.49. The van der Waals surface area contributed by atoms with Crippen LogP contribution in [0.4, 0.5) is 38.8 Å². The Kier molecular flexibility index (Phi) is 7.96. The van der Waals surface area contributed by atoms with E-state index in [0.717, 1.165) is 37.3 Å². The highest BCUT2D eigenvalue weighted by Crippen LogP contribution is 2.49. The number of ether oxygens (including phenoxy) is 1. The lowest BCUT2D eigenvalue weighted by Gasteiger charge is -2.33. The number of amides is 1. The van der Waals surface area contributed by atoms with Gasteiger partial charge in [0.25, 0.3) is 0 Å². The number of halogens is 1. The van der Waals surface area contributed by atoms with Crippen molar-refractivity contribution in [3.8, 4) is 17.0 Å². The minimum Gasteiger partial charge on any atom is -0.494 e. The number of methoxy groups -OCH3 is 1. The van der Waals surface area contributed by atoms with Gasteiger partial charge >= 0.3 is 0 Å². The molecule has 2 aliphatic rings. The molecule has 0 bridgehead atoms. The van der Waals surface area contributed by atoms with Crippen LogP contribution >= 0.6 is 0 Å². The zero-order valence-electron chi connectivity index (χ0n) is 25.1. The number of aromatic nitrogens is 2. The van der Waals surface area contributed by atoms with Gasteiger partial charge in [-0.1, -0.05) is 6.58 Å². The van der Waals surface area contributed by atoms with E-state index in [1.54, 1.807) is 25.4 Å². The normalized spacial score (nSPS) is 16.5. The second-order valence-electron chi connectivity index (χ2n) is 11.6. The molecule has 3 N–H and O–H groups in total. The Morgan fingerprint density at radius 3 is 2.74 bits per heavy atom. The van der Waals surface area contributed by atoms with Gasteiger partial charge in [-0.25, -0.2) is 14.4 Å². The van der Waals surface area contributed by atoms with Gasteiger partial charge in [-0.2, -0.15) is 0 Å². The van der Waals surface area contributed by atoms with Crippen molar-refractivity contribution >= 4 is 40.3 Å². The number of hydrogen-bond acceptors (Lipinski definition) is 9. The van der Waals surface area contributed by atoms with Gasteiger partial charge in [0.1, 0.15) is 11.6 Å². The van der Waals surface area contributed by atoms with Crippen molar-refractivity contribution in [3.05, 3.63) is 55.0 Å². The highest BCUT2D eigenvalue weighted by atomic mass is 19.1. The summed E-state index contributed by atoms with van der Waals surface area (Å²) in [5, 5.41) is 9.48. The maximum atomic E-state index is 15.3. The Morgan fingerprint density at radius 2 is 2.02 bits per heavy atom. The maximum absolute atomic E-state index is 15.3. The predicted octanol–water partition coefficient (Wildman–Crippen LogP) is 5.29. The van der Waals surface area contributed by atoms with Crippen molar-refractivity contribution < 1.29 is 13.9 Å². The van der Waals surface area contributed by atoms with Crippen LogP contribution in [0.15, 0.2) is 49.2 Å². The first-order chi connectivity index (χ1) is 20.0. The van der Waals surface area contributed by atoms with Crippen LogP contribution in [-0.4, -0.2) is 73.8 Å². The number of nitrogens with one attached hydrogen (secondary N) is 3. The molecule has 10 nitrogen and oxygen atoms in total. The van der Waals surface area contributed by atoms with E-state index in [2.05, 4.69) is 51.2 Å². The van der Waals surface area contributed by atoms with Gasteiger partial charge < -0.3 is 35.4 Å². The Morgan fingerprint density at radius 1 is 1.24 bits per heavy atom. The summed E-state index contributed by atoms with van der Waals surface area (Å²) in [6.45, 7) is 9.50. The first kappa shape index (κ1) is 29.1. The number of carbonyl (C=O) groups excluding carboxylic acids is 1. The topological polar surface area (TPSA) is 97.9 Å². The van der Waals surface area contributed by atoms with Crippen molar-refractivity contribution in [2.45, 2.75) is 38.4 Å². The molecule has 1 amide bonds. The third-order valence-electron chi connectivity index (χ3n) is 7.89. The van der Waals surface area contributed by atoms with Crippen LogP contribution in [0.25, 0.3) is 11.3 Å². The molecule has 0 spiro atoms. The zero-order chi connectivity index (χ0) is 30.2. The fourth-order valence-electron chi connectivity index (χ4n) is 5.64. The second kappa shape index (κ2) is 11.5. The summed E-state index contributed by atoms with van der Waals surface area (Å²) in [7, 11) is 7.55. The quantitative estimate of drug-likeness (QED) is 0.279. The number of anilines is 6. The fraction of sp³-hybridized carbons (Fsp3) is 0.387. The lowest BCUT2D eigenvalue weighted by atomic mass is 10.0. The molecule has 0 radical (unpaired) electrons. The number of nitrogens with zero attached hydrogens (tertiary/aromatic N) is 5. The number of fused-ring (bicyclic) bond motifs is 3. The van der Waals surface area contributed by atoms with Crippen LogP contribution in [0.3, 0.4) is 0 Å². The van der Waals surface area contributed by atoms with E-state index >= 15 is 4.39 Å². The first-order valence-electron chi connectivity index (χ1n) is 14.0. The SMILES string of the molecule is C=CC(=O)Nc1cc(Nc2nccc(-c3cc(F)c4c(c3)N3C(CCC3(C)C)N4)n2)c(OC)cc1N(C)CCN(C)C. The molecule has 2 aromatic carbocycles. The predicted molar refractivity (Wildman–Crippen MR) is 168 cm³/mol. The molecule has 5 rings (SSSR count). The summed E-state index contributed by atoms with van der Waals surface area (Å²) in [5.74, 6) is 0.213. The number of rotatable bonds is 10. The molecule has 0 aliphatic carbocycles. The summed E-state index contributed by atoms with van der Waals surface area (Å²) in [6, 6.07) is 8.91. The maximum Gasteiger partial charge on any atom is 0.247 e. The fourth-order valence-corrected chi connectivity index (χ4v) is 5.64. The van der Waals surface area contributed by atoms with E-state index in [-0.39, 0.29) is 23.4 Å². The molecule has 3 aromatic rings. The van der Waals surface area contributed by atoms with Crippen LogP contribution in [-0.2, 0) is 4.79 Å². The van der Waals surface area contributed by atoms with Crippen LogP contribution in [0.1, 0.15) is 26.7 Å².